The second-order valence-corrected chi connectivity index (χ2v) is 12.3. The van der Waals surface area contributed by atoms with Crippen molar-refractivity contribution in [1.82, 2.24) is 14.5 Å². The summed E-state index contributed by atoms with van der Waals surface area (Å²) in [5, 5.41) is 2.37. The molecular weight excluding hydrogens is 609 g/mol. The fraction of sp³-hybridized carbons (Fsp3) is 0. The van der Waals surface area contributed by atoms with E-state index in [0.29, 0.717) is 5.82 Å². The number of rotatable bonds is 7. The van der Waals surface area contributed by atoms with E-state index in [4.69, 9.17) is 9.97 Å². The second-order valence-electron chi connectivity index (χ2n) is 12.3. The van der Waals surface area contributed by atoms with Crippen LogP contribution in [0.25, 0.3) is 61.4 Å². The largest absolute Gasteiger partial charge is 0.311 e. The molecule has 0 bridgehead atoms. The highest BCUT2D eigenvalue weighted by Gasteiger charge is 2.18. The lowest BCUT2D eigenvalue weighted by Gasteiger charge is -2.25. The van der Waals surface area contributed by atoms with Gasteiger partial charge in [0.1, 0.15) is 5.82 Å². The van der Waals surface area contributed by atoms with Gasteiger partial charge in [-0.3, -0.25) is 4.57 Å². The van der Waals surface area contributed by atoms with Gasteiger partial charge in [0.25, 0.3) is 0 Å². The fourth-order valence-corrected chi connectivity index (χ4v) is 6.82. The zero-order valence-electron chi connectivity index (χ0n) is 27.3. The maximum atomic E-state index is 5.21. The lowest BCUT2D eigenvalue weighted by atomic mass is 10.0. The molecule has 0 atom stereocenters. The van der Waals surface area contributed by atoms with E-state index in [1.807, 2.05) is 24.3 Å². The van der Waals surface area contributed by atoms with Crippen LogP contribution in [0.4, 0.5) is 17.1 Å². The second kappa shape index (κ2) is 12.7. The normalized spacial score (nSPS) is 11.2. The van der Waals surface area contributed by atoms with Crippen LogP contribution in [0.2, 0.25) is 0 Å². The van der Waals surface area contributed by atoms with Gasteiger partial charge >= 0.3 is 0 Å². The third kappa shape index (κ3) is 5.39. The van der Waals surface area contributed by atoms with E-state index in [1.165, 1.54) is 10.8 Å². The Bertz CT molecular complexity index is 2460. The number of nitrogens with zero attached hydrogens (tertiary/aromatic N) is 4. The first kappa shape index (κ1) is 29.4. The molecule has 0 aliphatic carbocycles. The lowest BCUT2D eigenvalue weighted by Crippen LogP contribution is -2.09. The highest BCUT2D eigenvalue weighted by atomic mass is 15.1. The summed E-state index contributed by atoms with van der Waals surface area (Å²) in [4.78, 5) is 12.5. The Morgan fingerprint density at radius 2 is 0.880 bits per heavy atom. The molecule has 50 heavy (non-hydrogen) atoms. The smallest absolute Gasteiger partial charge is 0.162 e. The molecule has 4 nitrogen and oxygen atoms in total. The molecule has 0 saturated heterocycles. The van der Waals surface area contributed by atoms with Gasteiger partial charge in [0.2, 0.25) is 0 Å². The van der Waals surface area contributed by atoms with Gasteiger partial charge in [0, 0.05) is 45.0 Å². The van der Waals surface area contributed by atoms with Crippen molar-refractivity contribution in [3.05, 3.63) is 194 Å². The summed E-state index contributed by atoms with van der Waals surface area (Å²) in [7, 11) is 0. The summed E-state index contributed by atoms with van der Waals surface area (Å²) in [5.41, 5.74) is 10.7. The van der Waals surface area contributed by atoms with Crippen LogP contribution in [0.5, 0.6) is 0 Å². The lowest BCUT2D eigenvalue weighted by molar-refractivity contribution is 1.05. The minimum atomic E-state index is 0.695. The summed E-state index contributed by atoms with van der Waals surface area (Å²) < 4.78 is 2.29. The van der Waals surface area contributed by atoms with Crippen LogP contribution in [0.15, 0.2) is 194 Å². The van der Waals surface area contributed by atoms with Crippen molar-refractivity contribution in [2.45, 2.75) is 0 Å². The van der Waals surface area contributed by atoms with Crippen LogP contribution in [-0.4, -0.2) is 14.5 Å². The van der Waals surface area contributed by atoms with E-state index in [1.54, 1.807) is 0 Å². The summed E-state index contributed by atoms with van der Waals surface area (Å²) >= 11 is 0. The molecule has 0 aliphatic heterocycles. The van der Waals surface area contributed by atoms with Crippen LogP contribution in [0.1, 0.15) is 0 Å². The predicted molar refractivity (Wildman–Crippen MR) is 207 cm³/mol. The van der Waals surface area contributed by atoms with Crippen molar-refractivity contribution in [1.29, 1.82) is 0 Å². The van der Waals surface area contributed by atoms with Crippen LogP contribution >= 0.6 is 0 Å². The molecular formula is C46H32N4. The molecule has 2 heterocycles. The molecule has 9 rings (SSSR count). The molecule has 0 amide bonds. The molecule has 0 radical (unpaired) electrons. The highest BCUT2D eigenvalue weighted by Crippen LogP contribution is 2.38. The summed E-state index contributed by atoms with van der Waals surface area (Å²) in [5.74, 6) is 1.53. The van der Waals surface area contributed by atoms with Crippen molar-refractivity contribution in [3.63, 3.8) is 0 Å². The van der Waals surface area contributed by atoms with E-state index >= 15 is 0 Å². The monoisotopic (exact) mass is 640 g/mol. The van der Waals surface area contributed by atoms with Gasteiger partial charge < -0.3 is 4.90 Å². The molecule has 0 saturated carbocycles. The van der Waals surface area contributed by atoms with Crippen molar-refractivity contribution < 1.29 is 0 Å². The average molecular weight is 641 g/mol. The molecule has 0 aliphatic rings. The quantitative estimate of drug-likeness (QED) is 0.174. The van der Waals surface area contributed by atoms with Crippen molar-refractivity contribution >= 4 is 38.9 Å². The Balaban J connectivity index is 1.19. The highest BCUT2D eigenvalue weighted by molar-refractivity contribution is 6.10. The standard InChI is InChI=1S/C46H32N4/c1-5-15-34(16-6-1)42-32-45(48-46(47-42)35-17-7-2-8-18-35)50-43-24-14-13-23-40(43)41-30-27-36(31-44(41)50)33-25-28-39(29-26-33)49(37-19-9-3-10-20-37)38-21-11-4-12-22-38/h1-32H. The first-order valence-electron chi connectivity index (χ1n) is 16.8. The zero-order chi connectivity index (χ0) is 33.3. The number of hydrogen-bond donors (Lipinski definition) is 0. The van der Waals surface area contributed by atoms with Gasteiger partial charge in [0.15, 0.2) is 5.82 Å². The van der Waals surface area contributed by atoms with Gasteiger partial charge in [-0.15, -0.1) is 0 Å². The van der Waals surface area contributed by atoms with Crippen LogP contribution in [-0.2, 0) is 0 Å². The molecule has 4 heteroatoms. The topological polar surface area (TPSA) is 34.0 Å². The number of fused-ring (bicyclic) bond motifs is 3. The minimum Gasteiger partial charge on any atom is -0.311 e. The van der Waals surface area contributed by atoms with Crippen LogP contribution < -0.4 is 4.90 Å². The molecule has 0 fully saturated rings. The van der Waals surface area contributed by atoms with E-state index < -0.39 is 0 Å². The summed E-state index contributed by atoms with van der Waals surface area (Å²) in [6.07, 6.45) is 0. The van der Waals surface area contributed by atoms with Crippen LogP contribution in [0, 0.1) is 0 Å². The predicted octanol–water partition coefficient (Wildman–Crippen LogP) is 12.0. The van der Waals surface area contributed by atoms with Gasteiger partial charge in [-0.1, -0.05) is 140 Å². The number of benzene rings is 7. The molecule has 0 unspecified atom stereocenters. The molecule has 0 N–H and O–H groups in total. The molecule has 7 aromatic carbocycles. The number of anilines is 3. The third-order valence-electron chi connectivity index (χ3n) is 9.20. The molecule has 0 spiro atoms. The SMILES string of the molecule is c1ccc(-c2cc(-n3c4ccccc4c4ccc(-c5ccc(N(c6ccccc6)c6ccccc6)cc5)cc43)nc(-c3ccccc3)n2)cc1. The Morgan fingerprint density at radius 1 is 0.360 bits per heavy atom. The zero-order valence-corrected chi connectivity index (χ0v) is 27.3. The van der Waals surface area contributed by atoms with E-state index in [0.717, 1.165) is 61.9 Å². The van der Waals surface area contributed by atoms with Gasteiger partial charge in [-0.25, -0.2) is 9.97 Å². The Morgan fingerprint density at radius 3 is 1.54 bits per heavy atom. The number of para-hydroxylation sites is 3. The molecule has 9 aromatic rings. The molecule has 2 aromatic heterocycles. The average Bonchev–Trinajstić information content (AvgIpc) is 3.53. The van der Waals surface area contributed by atoms with E-state index in [-0.39, 0.29) is 0 Å². The van der Waals surface area contributed by atoms with E-state index in [9.17, 15) is 0 Å². The minimum absolute atomic E-state index is 0.695. The van der Waals surface area contributed by atoms with Crippen molar-refractivity contribution in [2.75, 3.05) is 4.90 Å². The first-order valence-corrected chi connectivity index (χ1v) is 16.8. The number of aromatic nitrogens is 3. The molecule has 236 valence electrons. The Kier molecular flexibility index (Phi) is 7.45. The van der Waals surface area contributed by atoms with E-state index in [2.05, 4.69) is 179 Å². The summed E-state index contributed by atoms with van der Waals surface area (Å²) in [6.45, 7) is 0. The summed E-state index contributed by atoms with van der Waals surface area (Å²) in [6, 6.07) is 67.9. The fourth-order valence-electron chi connectivity index (χ4n) is 6.82. The maximum absolute atomic E-state index is 5.21. The Hall–Kier alpha value is -6.78. The van der Waals surface area contributed by atoms with Gasteiger partial charge in [0.05, 0.1) is 16.7 Å². The first-order chi connectivity index (χ1) is 24.8. The maximum Gasteiger partial charge on any atom is 0.162 e. The van der Waals surface area contributed by atoms with Crippen LogP contribution in [0.3, 0.4) is 0 Å². The number of hydrogen-bond acceptors (Lipinski definition) is 3. The van der Waals surface area contributed by atoms with Crippen molar-refractivity contribution in [3.8, 4) is 39.6 Å². The Labute approximate surface area is 291 Å². The third-order valence-corrected chi connectivity index (χ3v) is 9.20. The van der Waals surface area contributed by atoms with Gasteiger partial charge in [-0.2, -0.15) is 0 Å². The van der Waals surface area contributed by atoms with Gasteiger partial charge in [-0.05, 0) is 59.7 Å². The van der Waals surface area contributed by atoms with Crippen molar-refractivity contribution in [2.24, 2.45) is 0 Å².